The van der Waals surface area contributed by atoms with Crippen LogP contribution in [0.3, 0.4) is 0 Å². The predicted molar refractivity (Wildman–Crippen MR) is 101 cm³/mol. The Bertz CT molecular complexity index is 913. The van der Waals surface area contributed by atoms with Crippen molar-refractivity contribution in [2.45, 2.75) is 4.90 Å². The van der Waals surface area contributed by atoms with Crippen molar-refractivity contribution in [2.24, 2.45) is 10.7 Å². The molecule has 0 aliphatic heterocycles. The number of benzene rings is 2. The highest BCUT2D eigenvalue weighted by Gasteiger charge is 2.18. The lowest BCUT2D eigenvalue weighted by Crippen LogP contribution is -2.23. The average Bonchev–Trinajstić information content (AvgIpc) is 2.58. The standard InChI is InChI=1S/C16H19N5O4S/c1-26(24,25)13-7-8-14(15(11-13)21(22)23)18-9-10-19-16(17)20-12-5-3-2-4-6-12/h2-8,11,18H,9-10H2,1H3,(H3,17,19,20). The molecule has 2 rings (SSSR count). The first kappa shape index (κ1) is 19.2. The zero-order valence-corrected chi connectivity index (χ0v) is 14.9. The highest BCUT2D eigenvalue weighted by molar-refractivity contribution is 7.90. The van der Waals surface area contributed by atoms with Crippen molar-refractivity contribution in [2.75, 3.05) is 30.0 Å². The number of sulfone groups is 1. The summed E-state index contributed by atoms with van der Waals surface area (Å²) in [6, 6.07) is 13.0. The minimum atomic E-state index is -3.52. The van der Waals surface area contributed by atoms with Gasteiger partial charge in [0.1, 0.15) is 5.69 Å². The highest BCUT2D eigenvalue weighted by Crippen LogP contribution is 2.27. The van der Waals surface area contributed by atoms with Crippen LogP contribution in [0, 0.1) is 10.1 Å². The summed E-state index contributed by atoms with van der Waals surface area (Å²) < 4.78 is 23.0. The molecule has 0 saturated heterocycles. The number of nitrogens with one attached hydrogen (secondary N) is 2. The number of nitrogens with two attached hydrogens (primary N) is 1. The number of nitro benzene ring substituents is 1. The number of anilines is 2. The quantitative estimate of drug-likeness (QED) is 0.220. The first-order valence-corrected chi connectivity index (χ1v) is 9.51. The molecule has 0 bridgehead atoms. The number of hydrogen-bond donors (Lipinski definition) is 3. The van der Waals surface area contributed by atoms with E-state index in [1.807, 2.05) is 30.3 Å². The van der Waals surface area contributed by atoms with E-state index in [-0.39, 0.29) is 35.3 Å². The molecule has 0 spiro atoms. The zero-order valence-electron chi connectivity index (χ0n) is 14.0. The second-order valence-electron chi connectivity index (χ2n) is 5.39. The van der Waals surface area contributed by atoms with E-state index in [4.69, 9.17) is 5.73 Å². The molecular weight excluding hydrogens is 358 g/mol. The smallest absolute Gasteiger partial charge is 0.293 e. The van der Waals surface area contributed by atoms with E-state index in [2.05, 4.69) is 15.6 Å². The normalized spacial score (nSPS) is 11.8. The van der Waals surface area contributed by atoms with Gasteiger partial charge >= 0.3 is 0 Å². The maximum Gasteiger partial charge on any atom is 0.293 e. The number of nitrogens with zero attached hydrogens (tertiary/aromatic N) is 2. The van der Waals surface area contributed by atoms with Crippen LogP contribution in [-0.2, 0) is 9.84 Å². The van der Waals surface area contributed by atoms with E-state index >= 15 is 0 Å². The molecule has 0 aliphatic rings. The molecule has 0 radical (unpaired) electrons. The lowest BCUT2D eigenvalue weighted by molar-refractivity contribution is -0.384. The van der Waals surface area contributed by atoms with Gasteiger partial charge in [0.2, 0.25) is 0 Å². The van der Waals surface area contributed by atoms with Gasteiger partial charge in [-0.2, -0.15) is 0 Å². The van der Waals surface area contributed by atoms with Crippen molar-refractivity contribution >= 4 is 32.9 Å². The maximum atomic E-state index is 11.5. The van der Waals surface area contributed by atoms with Gasteiger partial charge in [-0.1, -0.05) is 18.2 Å². The zero-order chi connectivity index (χ0) is 19.2. The Hall–Kier alpha value is -3.14. The Kier molecular flexibility index (Phi) is 6.12. The van der Waals surface area contributed by atoms with Crippen LogP contribution in [0.1, 0.15) is 0 Å². The molecule has 0 heterocycles. The Morgan fingerprint density at radius 1 is 1.23 bits per heavy atom. The van der Waals surface area contributed by atoms with Crippen LogP contribution in [0.5, 0.6) is 0 Å². The fourth-order valence-corrected chi connectivity index (χ4v) is 2.76. The van der Waals surface area contributed by atoms with Gasteiger partial charge < -0.3 is 16.4 Å². The molecule has 4 N–H and O–H groups in total. The molecule has 0 fully saturated rings. The van der Waals surface area contributed by atoms with Gasteiger partial charge in [0, 0.05) is 24.6 Å². The fraction of sp³-hybridized carbons (Fsp3) is 0.188. The van der Waals surface area contributed by atoms with Gasteiger partial charge in [0.25, 0.3) is 5.69 Å². The molecule has 0 amide bonds. The van der Waals surface area contributed by atoms with Gasteiger partial charge in [-0.05, 0) is 24.3 Å². The van der Waals surface area contributed by atoms with Crippen molar-refractivity contribution in [1.82, 2.24) is 0 Å². The number of nitro groups is 1. The number of para-hydroxylation sites is 1. The molecule has 26 heavy (non-hydrogen) atoms. The van der Waals surface area contributed by atoms with E-state index in [0.29, 0.717) is 0 Å². The first-order valence-electron chi connectivity index (χ1n) is 7.62. The van der Waals surface area contributed by atoms with Crippen LogP contribution in [0.2, 0.25) is 0 Å². The van der Waals surface area contributed by atoms with E-state index in [9.17, 15) is 18.5 Å². The summed E-state index contributed by atoms with van der Waals surface area (Å²) in [6.45, 7) is 0.562. The van der Waals surface area contributed by atoms with Crippen LogP contribution in [-0.4, -0.2) is 38.6 Å². The van der Waals surface area contributed by atoms with Crippen molar-refractivity contribution < 1.29 is 13.3 Å². The summed E-state index contributed by atoms with van der Waals surface area (Å²) in [5.41, 5.74) is 6.47. The van der Waals surface area contributed by atoms with Gasteiger partial charge in [-0.3, -0.25) is 15.1 Å². The van der Waals surface area contributed by atoms with Crippen molar-refractivity contribution in [3.8, 4) is 0 Å². The number of rotatable bonds is 7. The summed E-state index contributed by atoms with van der Waals surface area (Å²) in [6.07, 6.45) is 0.996. The van der Waals surface area contributed by atoms with Gasteiger partial charge in [-0.15, -0.1) is 0 Å². The van der Waals surface area contributed by atoms with Crippen molar-refractivity contribution in [1.29, 1.82) is 0 Å². The Morgan fingerprint density at radius 3 is 2.54 bits per heavy atom. The molecule has 138 valence electrons. The summed E-state index contributed by atoms with van der Waals surface area (Å²) >= 11 is 0. The first-order chi connectivity index (χ1) is 12.3. The van der Waals surface area contributed by atoms with E-state index in [1.54, 1.807) is 0 Å². The lowest BCUT2D eigenvalue weighted by atomic mass is 10.2. The predicted octanol–water partition coefficient (Wildman–Crippen LogP) is 1.84. The summed E-state index contributed by atoms with van der Waals surface area (Å²) in [4.78, 5) is 14.5. The SMILES string of the molecule is CS(=O)(=O)c1ccc(NCCN=C(N)Nc2ccccc2)c([N+](=O)[O-])c1. The van der Waals surface area contributed by atoms with Crippen molar-refractivity contribution in [3.05, 3.63) is 58.6 Å². The van der Waals surface area contributed by atoms with Gasteiger partial charge in [-0.25, -0.2) is 8.42 Å². The monoisotopic (exact) mass is 377 g/mol. The number of hydrogen-bond acceptors (Lipinski definition) is 6. The second-order valence-corrected chi connectivity index (χ2v) is 7.41. The molecule has 2 aromatic rings. The van der Waals surface area contributed by atoms with Crippen LogP contribution < -0.4 is 16.4 Å². The van der Waals surface area contributed by atoms with Crippen LogP contribution >= 0.6 is 0 Å². The average molecular weight is 377 g/mol. The van der Waals surface area contributed by atoms with Gasteiger partial charge in [0.15, 0.2) is 15.8 Å². The molecule has 0 aromatic heterocycles. The minimum absolute atomic E-state index is 0.107. The summed E-state index contributed by atoms with van der Waals surface area (Å²) in [5.74, 6) is 0.222. The second kappa shape index (κ2) is 8.30. The maximum absolute atomic E-state index is 11.5. The van der Waals surface area contributed by atoms with Crippen LogP contribution in [0.4, 0.5) is 17.1 Å². The lowest BCUT2D eigenvalue weighted by Gasteiger charge is -2.08. The summed E-state index contributed by atoms with van der Waals surface area (Å²) in [7, 11) is -3.52. The highest BCUT2D eigenvalue weighted by atomic mass is 32.2. The number of aliphatic imine (C=N–C) groups is 1. The molecular formula is C16H19N5O4S. The molecule has 9 nitrogen and oxygen atoms in total. The Labute approximate surface area is 151 Å². The minimum Gasteiger partial charge on any atom is -0.378 e. The third kappa shape index (κ3) is 5.45. The van der Waals surface area contributed by atoms with Crippen molar-refractivity contribution in [3.63, 3.8) is 0 Å². The molecule has 2 aromatic carbocycles. The van der Waals surface area contributed by atoms with Gasteiger partial charge in [0.05, 0.1) is 16.4 Å². The van der Waals surface area contributed by atoms with E-state index in [0.717, 1.165) is 18.0 Å². The largest absolute Gasteiger partial charge is 0.378 e. The third-order valence-electron chi connectivity index (χ3n) is 3.35. The molecule has 0 aliphatic carbocycles. The topological polar surface area (TPSA) is 140 Å². The summed E-state index contributed by atoms with van der Waals surface area (Å²) in [5, 5.41) is 16.9. The van der Waals surface area contributed by atoms with Crippen LogP contribution in [0.25, 0.3) is 0 Å². The molecule has 0 atom stereocenters. The van der Waals surface area contributed by atoms with E-state index < -0.39 is 14.8 Å². The van der Waals surface area contributed by atoms with E-state index in [1.165, 1.54) is 12.1 Å². The Balaban J connectivity index is 1.99. The third-order valence-corrected chi connectivity index (χ3v) is 4.46. The molecule has 0 saturated carbocycles. The van der Waals surface area contributed by atoms with Crippen LogP contribution in [0.15, 0.2) is 58.4 Å². The number of guanidine groups is 1. The Morgan fingerprint density at radius 2 is 1.92 bits per heavy atom. The molecule has 10 heteroatoms. The molecule has 0 unspecified atom stereocenters. The fourth-order valence-electron chi connectivity index (χ4n) is 2.12.